The summed E-state index contributed by atoms with van der Waals surface area (Å²) in [5.74, 6) is 0.572. The lowest BCUT2D eigenvalue weighted by Gasteiger charge is -2.21. The molecule has 0 aliphatic heterocycles. The Morgan fingerprint density at radius 2 is 1.67 bits per heavy atom. The number of halogens is 1. The fraction of sp³-hybridized carbons (Fsp3) is 0.316. The minimum atomic E-state index is -0.581. The van der Waals surface area contributed by atoms with E-state index in [4.69, 9.17) is 10.5 Å². The van der Waals surface area contributed by atoms with Gasteiger partial charge in [0, 0.05) is 5.69 Å². The van der Waals surface area contributed by atoms with Gasteiger partial charge in [0.15, 0.2) is 0 Å². The van der Waals surface area contributed by atoms with Crippen LogP contribution in [-0.4, -0.2) is 17.6 Å². The number of carbonyl (C=O) groups excluding carboxylic acids is 1. The Labute approximate surface area is 149 Å². The van der Waals surface area contributed by atoms with Crippen LogP contribution in [0.1, 0.15) is 26.3 Å². The van der Waals surface area contributed by atoms with Gasteiger partial charge >= 0.3 is 0 Å². The van der Waals surface area contributed by atoms with Crippen LogP contribution in [0, 0.1) is 0 Å². The molecule has 1 atom stereocenters. The van der Waals surface area contributed by atoms with Crippen molar-refractivity contribution in [2.24, 2.45) is 5.73 Å². The van der Waals surface area contributed by atoms with Crippen molar-refractivity contribution in [3.05, 3.63) is 60.2 Å². The molecule has 130 valence electrons. The molecule has 0 bridgehead atoms. The molecule has 0 aliphatic rings. The zero-order valence-corrected chi connectivity index (χ0v) is 15.1. The van der Waals surface area contributed by atoms with Crippen molar-refractivity contribution in [2.75, 3.05) is 5.32 Å². The Morgan fingerprint density at radius 3 is 2.21 bits per heavy atom. The van der Waals surface area contributed by atoms with Crippen LogP contribution < -0.4 is 15.8 Å². The van der Waals surface area contributed by atoms with Crippen LogP contribution in [0.3, 0.4) is 0 Å². The van der Waals surface area contributed by atoms with Gasteiger partial charge in [-0.05, 0) is 57.0 Å². The Kier molecular flexibility index (Phi) is 7.26. The van der Waals surface area contributed by atoms with Crippen LogP contribution in [-0.2, 0) is 11.2 Å². The predicted octanol–water partition coefficient (Wildman–Crippen LogP) is 3.79. The maximum atomic E-state index is 12.2. The SMILES string of the molecule is CC(C)(C)Oc1ccc(NC(=O)[C@@H](N)Cc2ccccc2)cc1.Cl. The smallest absolute Gasteiger partial charge is 0.241 e. The maximum absolute atomic E-state index is 12.2. The molecular weight excluding hydrogens is 324 g/mol. The largest absolute Gasteiger partial charge is 0.488 e. The number of rotatable bonds is 5. The zero-order chi connectivity index (χ0) is 16.9. The van der Waals surface area contributed by atoms with E-state index in [1.54, 1.807) is 0 Å². The molecule has 0 fully saturated rings. The fourth-order valence-electron chi connectivity index (χ4n) is 2.16. The zero-order valence-electron chi connectivity index (χ0n) is 14.3. The predicted molar refractivity (Wildman–Crippen MR) is 101 cm³/mol. The van der Waals surface area contributed by atoms with Crippen molar-refractivity contribution in [3.63, 3.8) is 0 Å². The molecule has 2 aromatic carbocycles. The van der Waals surface area contributed by atoms with Gasteiger partial charge in [0.2, 0.25) is 5.91 Å². The molecule has 0 heterocycles. The highest BCUT2D eigenvalue weighted by Gasteiger charge is 2.15. The number of ether oxygens (including phenoxy) is 1. The van der Waals surface area contributed by atoms with Crippen molar-refractivity contribution in [1.82, 2.24) is 0 Å². The third kappa shape index (κ3) is 6.60. The molecule has 0 aliphatic carbocycles. The first-order valence-electron chi connectivity index (χ1n) is 7.73. The summed E-state index contributed by atoms with van der Waals surface area (Å²) in [5, 5.41) is 2.83. The Bertz CT molecular complexity index is 637. The van der Waals surface area contributed by atoms with Crippen LogP contribution in [0.25, 0.3) is 0 Å². The number of benzene rings is 2. The van der Waals surface area contributed by atoms with Gasteiger partial charge < -0.3 is 15.8 Å². The van der Waals surface area contributed by atoms with E-state index in [-0.39, 0.29) is 23.9 Å². The molecule has 0 unspecified atom stereocenters. The average Bonchev–Trinajstić information content (AvgIpc) is 2.48. The molecule has 0 saturated heterocycles. The minimum absolute atomic E-state index is 0. The maximum Gasteiger partial charge on any atom is 0.241 e. The van der Waals surface area contributed by atoms with Gasteiger partial charge in [-0.3, -0.25) is 4.79 Å². The topological polar surface area (TPSA) is 64.3 Å². The molecule has 0 aromatic heterocycles. The number of anilines is 1. The van der Waals surface area contributed by atoms with E-state index in [0.29, 0.717) is 12.1 Å². The highest BCUT2D eigenvalue weighted by molar-refractivity contribution is 5.94. The quantitative estimate of drug-likeness (QED) is 0.863. The van der Waals surface area contributed by atoms with Crippen molar-refractivity contribution in [2.45, 2.75) is 38.8 Å². The molecule has 2 rings (SSSR count). The highest BCUT2D eigenvalue weighted by atomic mass is 35.5. The van der Waals surface area contributed by atoms with Gasteiger partial charge in [-0.2, -0.15) is 0 Å². The monoisotopic (exact) mass is 348 g/mol. The lowest BCUT2D eigenvalue weighted by molar-refractivity contribution is -0.117. The summed E-state index contributed by atoms with van der Waals surface area (Å²) < 4.78 is 5.75. The van der Waals surface area contributed by atoms with Gasteiger partial charge in [0.1, 0.15) is 11.4 Å². The summed E-state index contributed by atoms with van der Waals surface area (Å²) in [6.07, 6.45) is 0.512. The first-order chi connectivity index (χ1) is 10.8. The third-order valence-corrected chi connectivity index (χ3v) is 3.18. The van der Waals surface area contributed by atoms with E-state index in [1.165, 1.54) is 0 Å². The number of nitrogens with two attached hydrogens (primary N) is 1. The summed E-state index contributed by atoms with van der Waals surface area (Å²) in [6.45, 7) is 5.97. The second-order valence-corrected chi connectivity index (χ2v) is 6.52. The van der Waals surface area contributed by atoms with E-state index >= 15 is 0 Å². The van der Waals surface area contributed by atoms with E-state index in [1.807, 2.05) is 75.4 Å². The van der Waals surface area contributed by atoms with Crippen LogP contribution in [0.15, 0.2) is 54.6 Å². The minimum Gasteiger partial charge on any atom is -0.488 e. The van der Waals surface area contributed by atoms with Crippen molar-refractivity contribution < 1.29 is 9.53 Å². The average molecular weight is 349 g/mol. The van der Waals surface area contributed by atoms with Crippen molar-refractivity contribution >= 4 is 24.0 Å². The van der Waals surface area contributed by atoms with E-state index in [0.717, 1.165) is 11.3 Å². The van der Waals surface area contributed by atoms with Crippen molar-refractivity contribution in [1.29, 1.82) is 0 Å². The first-order valence-corrected chi connectivity index (χ1v) is 7.73. The van der Waals surface area contributed by atoms with E-state index in [2.05, 4.69) is 5.32 Å². The number of hydrogen-bond acceptors (Lipinski definition) is 3. The highest BCUT2D eigenvalue weighted by Crippen LogP contribution is 2.20. The number of amides is 1. The normalized spacial score (nSPS) is 12.0. The number of hydrogen-bond donors (Lipinski definition) is 2. The molecule has 2 aromatic rings. The van der Waals surface area contributed by atoms with Gasteiger partial charge in [-0.25, -0.2) is 0 Å². The molecule has 4 nitrogen and oxygen atoms in total. The van der Waals surface area contributed by atoms with Crippen LogP contribution in [0.5, 0.6) is 5.75 Å². The van der Waals surface area contributed by atoms with Crippen LogP contribution in [0.4, 0.5) is 5.69 Å². The van der Waals surface area contributed by atoms with Crippen LogP contribution >= 0.6 is 12.4 Å². The number of carbonyl (C=O) groups is 1. The summed E-state index contributed by atoms with van der Waals surface area (Å²) >= 11 is 0. The Balaban J connectivity index is 0.00000288. The van der Waals surface area contributed by atoms with E-state index < -0.39 is 6.04 Å². The Morgan fingerprint density at radius 1 is 1.08 bits per heavy atom. The molecule has 3 N–H and O–H groups in total. The molecular formula is C19H25ClN2O2. The van der Waals surface area contributed by atoms with Gasteiger partial charge in [-0.1, -0.05) is 30.3 Å². The second-order valence-electron chi connectivity index (χ2n) is 6.52. The standard InChI is InChI=1S/C19H24N2O2.ClH/c1-19(2,3)23-16-11-9-15(10-12-16)21-18(22)17(20)13-14-7-5-4-6-8-14;/h4-12,17H,13,20H2,1-3H3,(H,21,22);1H/t17-;/m0./s1. The van der Waals surface area contributed by atoms with Crippen LogP contribution in [0.2, 0.25) is 0 Å². The fourth-order valence-corrected chi connectivity index (χ4v) is 2.16. The number of nitrogens with one attached hydrogen (secondary N) is 1. The van der Waals surface area contributed by atoms with E-state index in [9.17, 15) is 4.79 Å². The lowest BCUT2D eigenvalue weighted by atomic mass is 10.1. The second kappa shape index (κ2) is 8.71. The Hall–Kier alpha value is -2.04. The summed E-state index contributed by atoms with van der Waals surface area (Å²) in [4.78, 5) is 12.2. The van der Waals surface area contributed by atoms with Gasteiger partial charge in [0.25, 0.3) is 0 Å². The molecule has 5 heteroatoms. The van der Waals surface area contributed by atoms with Gasteiger partial charge in [-0.15, -0.1) is 12.4 Å². The summed E-state index contributed by atoms with van der Waals surface area (Å²) in [6, 6.07) is 16.5. The molecule has 0 radical (unpaired) electrons. The summed E-state index contributed by atoms with van der Waals surface area (Å²) in [7, 11) is 0. The van der Waals surface area contributed by atoms with Crippen molar-refractivity contribution in [3.8, 4) is 5.75 Å². The van der Waals surface area contributed by atoms with Gasteiger partial charge in [0.05, 0.1) is 6.04 Å². The molecule has 0 saturated carbocycles. The first kappa shape index (κ1) is 20.0. The molecule has 24 heavy (non-hydrogen) atoms. The molecule has 0 spiro atoms. The third-order valence-electron chi connectivity index (χ3n) is 3.18. The molecule has 1 amide bonds. The summed E-state index contributed by atoms with van der Waals surface area (Å²) in [5.41, 5.74) is 7.48. The lowest BCUT2D eigenvalue weighted by Crippen LogP contribution is -2.37.